The molecule has 0 saturated carbocycles. The summed E-state index contributed by atoms with van der Waals surface area (Å²) in [5.74, 6) is 0. The molecular formula is C19H20BClO3. The van der Waals surface area contributed by atoms with Crippen molar-refractivity contribution in [2.45, 2.75) is 38.9 Å². The van der Waals surface area contributed by atoms with Crippen molar-refractivity contribution in [3.63, 3.8) is 0 Å². The van der Waals surface area contributed by atoms with Crippen molar-refractivity contribution >= 4 is 30.5 Å². The van der Waals surface area contributed by atoms with Crippen LogP contribution in [0.15, 0.2) is 42.5 Å². The van der Waals surface area contributed by atoms with Crippen molar-refractivity contribution < 1.29 is 14.1 Å². The number of hydrogen-bond acceptors (Lipinski definition) is 3. The van der Waals surface area contributed by atoms with E-state index in [1.54, 1.807) is 0 Å². The highest BCUT2D eigenvalue weighted by molar-refractivity contribution is 6.63. The second kappa shape index (κ2) is 6.03. The molecule has 1 aliphatic rings. The van der Waals surface area contributed by atoms with Gasteiger partial charge >= 0.3 is 7.12 Å². The Morgan fingerprint density at radius 3 is 2.17 bits per heavy atom. The van der Waals surface area contributed by atoms with Crippen LogP contribution in [0.25, 0.3) is 11.1 Å². The summed E-state index contributed by atoms with van der Waals surface area (Å²) in [6, 6.07) is 13.2. The fourth-order valence-electron chi connectivity index (χ4n) is 2.71. The lowest BCUT2D eigenvalue weighted by Crippen LogP contribution is -2.41. The molecule has 0 aromatic heterocycles. The monoisotopic (exact) mass is 342 g/mol. The summed E-state index contributed by atoms with van der Waals surface area (Å²) in [4.78, 5) is 11.6. The highest BCUT2D eigenvalue weighted by Gasteiger charge is 2.52. The number of halogens is 1. The van der Waals surface area contributed by atoms with Gasteiger partial charge in [-0.1, -0.05) is 35.9 Å². The van der Waals surface area contributed by atoms with Gasteiger partial charge in [-0.15, -0.1) is 0 Å². The van der Waals surface area contributed by atoms with Gasteiger partial charge in [-0.25, -0.2) is 0 Å². The molecule has 3 rings (SSSR count). The van der Waals surface area contributed by atoms with E-state index in [0.717, 1.165) is 22.9 Å². The Kier molecular flexibility index (Phi) is 4.33. The molecule has 1 fully saturated rings. The number of rotatable bonds is 3. The fraction of sp³-hybridized carbons (Fsp3) is 0.316. The fourth-order valence-corrected chi connectivity index (χ4v) is 2.90. The maximum absolute atomic E-state index is 11.6. The molecule has 0 unspecified atom stereocenters. The molecule has 3 nitrogen and oxygen atoms in total. The summed E-state index contributed by atoms with van der Waals surface area (Å²) in [6.45, 7) is 7.98. The Morgan fingerprint density at radius 1 is 0.958 bits per heavy atom. The number of aldehydes is 1. The molecular weight excluding hydrogens is 322 g/mol. The summed E-state index contributed by atoms with van der Waals surface area (Å²) in [7, 11) is -0.552. The summed E-state index contributed by atoms with van der Waals surface area (Å²) >= 11 is 6.06. The Balaban J connectivity index is 1.98. The molecule has 0 atom stereocenters. The van der Waals surface area contributed by atoms with E-state index in [4.69, 9.17) is 20.9 Å². The Hall–Kier alpha value is -1.62. The lowest BCUT2D eigenvalue weighted by Gasteiger charge is -2.32. The minimum Gasteiger partial charge on any atom is -0.399 e. The Bertz CT molecular complexity index is 770. The highest BCUT2D eigenvalue weighted by atomic mass is 35.5. The van der Waals surface area contributed by atoms with Crippen LogP contribution in [0, 0.1) is 0 Å². The molecule has 0 aliphatic carbocycles. The molecule has 1 saturated heterocycles. The largest absolute Gasteiger partial charge is 0.495 e. The predicted octanol–water partition coefficient (Wildman–Crippen LogP) is 4.12. The third-order valence-corrected chi connectivity index (χ3v) is 5.11. The SMILES string of the molecule is CC1(C)OB(c2ccc(-c3cccc(Cl)c3)cc2C=O)OC1(C)C. The van der Waals surface area contributed by atoms with Gasteiger partial charge in [0, 0.05) is 10.6 Å². The quantitative estimate of drug-likeness (QED) is 0.622. The van der Waals surface area contributed by atoms with E-state index >= 15 is 0 Å². The Labute approximate surface area is 148 Å². The van der Waals surface area contributed by atoms with Crippen LogP contribution in [-0.2, 0) is 9.31 Å². The van der Waals surface area contributed by atoms with Crippen LogP contribution >= 0.6 is 11.6 Å². The van der Waals surface area contributed by atoms with E-state index in [0.29, 0.717) is 10.6 Å². The second-order valence-corrected chi connectivity index (χ2v) is 7.50. The van der Waals surface area contributed by atoms with Crippen molar-refractivity contribution in [2.75, 3.05) is 0 Å². The van der Waals surface area contributed by atoms with Crippen molar-refractivity contribution in [1.29, 1.82) is 0 Å². The van der Waals surface area contributed by atoms with Gasteiger partial charge in [0.15, 0.2) is 0 Å². The van der Waals surface area contributed by atoms with Crippen LogP contribution in [0.1, 0.15) is 38.1 Å². The first-order valence-corrected chi connectivity index (χ1v) is 8.32. The molecule has 5 heteroatoms. The van der Waals surface area contributed by atoms with Crippen molar-refractivity contribution in [2.24, 2.45) is 0 Å². The molecule has 124 valence electrons. The second-order valence-electron chi connectivity index (χ2n) is 7.06. The molecule has 2 aromatic rings. The first kappa shape index (κ1) is 17.2. The average Bonchev–Trinajstić information content (AvgIpc) is 2.74. The van der Waals surface area contributed by atoms with E-state index in [-0.39, 0.29) is 0 Å². The Morgan fingerprint density at radius 2 is 1.58 bits per heavy atom. The summed E-state index contributed by atoms with van der Waals surface area (Å²) < 4.78 is 12.1. The van der Waals surface area contributed by atoms with Crippen LogP contribution in [-0.4, -0.2) is 24.6 Å². The van der Waals surface area contributed by atoms with Gasteiger partial charge in [-0.3, -0.25) is 4.79 Å². The van der Waals surface area contributed by atoms with Crippen LogP contribution < -0.4 is 5.46 Å². The van der Waals surface area contributed by atoms with Gasteiger partial charge in [0.05, 0.1) is 11.2 Å². The lowest BCUT2D eigenvalue weighted by atomic mass is 9.75. The third kappa shape index (κ3) is 3.02. The maximum Gasteiger partial charge on any atom is 0.495 e. The first-order chi connectivity index (χ1) is 11.2. The zero-order chi connectivity index (χ0) is 17.5. The third-order valence-electron chi connectivity index (χ3n) is 4.88. The average molecular weight is 343 g/mol. The van der Waals surface area contributed by atoms with Crippen molar-refractivity contribution in [3.8, 4) is 11.1 Å². The van der Waals surface area contributed by atoms with Crippen LogP contribution in [0.3, 0.4) is 0 Å². The minimum atomic E-state index is -0.552. The number of benzene rings is 2. The molecule has 0 spiro atoms. The molecule has 24 heavy (non-hydrogen) atoms. The zero-order valence-electron chi connectivity index (χ0n) is 14.3. The molecule has 2 aromatic carbocycles. The predicted molar refractivity (Wildman–Crippen MR) is 98.0 cm³/mol. The topological polar surface area (TPSA) is 35.5 Å². The van der Waals surface area contributed by atoms with Gasteiger partial charge in [0.25, 0.3) is 0 Å². The standard InChI is InChI=1S/C19H20BClO3/c1-18(2)19(3,4)24-20(23-18)17-9-8-14(10-15(17)12-22)13-6-5-7-16(21)11-13/h5-12H,1-4H3. The summed E-state index contributed by atoms with van der Waals surface area (Å²) in [5, 5.41) is 0.662. The molecule has 0 radical (unpaired) electrons. The lowest BCUT2D eigenvalue weighted by molar-refractivity contribution is 0.00578. The molecule has 0 N–H and O–H groups in total. The van der Waals surface area contributed by atoms with Crippen molar-refractivity contribution in [3.05, 3.63) is 53.1 Å². The molecule has 0 amide bonds. The van der Waals surface area contributed by atoms with Gasteiger partial charge in [-0.05, 0) is 62.5 Å². The van der Waals surface area contributed by atoms with Crippen molar-refractivity contribution in [1.82, 2.24) is 0 Å². The zero-order valence-corrected chi connectivity index (χ0v) is 15.1. The van der Waals surface area contributed by atoms with E-state index in [1.165, 1.54) is 0 Å². The van der Waals surface area contributed by atoms with E-state index in [9.17, 15) is 4.79 Å². The van der Waals surface area contributed by atoms with Crippen LogP contribution in [0.2, 0.25) is 5.02 Å². The van der Waals surface area contributed by atoms with Gasteiger partial charge < -0.3 is 9.31 Å². The van der Waals surface area contributed by atoms with Gasteiger partial charge in [0.1, 0.15) is 6.29 Å². The van der Waals surface area contributed by atoms with Crippen LogP contribution in [0.5, 0.6) is 0 Å². The smallest absolute Gasteiger partial charge is 0.399 e. The van der Waals surface area contributed by atoms with E-state index < -0.39 is 18.3 Å². The summed E-state index contributed by atoms with van der Waals surface area (Å²) in [6.07, 6.45) is 0.842. The maximum atomic E-state index is 11.6. The van der Waals surface area contributed by atoms with E-state index in [2.05, 4.69) is 0 Å². The number of hydrogen-bond donors (Lipinski definition) is 0. The first-order valence-electron chi connectivity index (χ1n) is 7.94. The number of carbonyl (C=O) groups excluding carboxylic acids is 1. The van der Waals surface area contributed by atoms with Gasteiger partial charge in [0.2, 0.25) is 0 Å². The minimum absolute atomic E-state index is 0.441. The highest BCUT2D eigenvalue weighted by Crippen LogP contribution is 2.36. The molecule has 0 bridgehead atoms. The molecule has 1 aliphatic heterocycles. The van der Waals surface area contributed by atoms with Crippen LogP contribution in [0.4, 0.5) is 0 Å². The normalized spacial score (nSPS) is 18.6. The van der Waals surface area contributed by atoms with Gasteiger partial charge in [-0.2, -0.15) is 0 Å². The summed E-state index contributed by atoms with van der Waals surface area (Å²) in [5.41, 5.74) is 2.32. The molecule has 1 heterocycles. The number of carbonyl (C=O) groups is 1. The van der Waals surface area contributed by atoms with E-state index in [1.807, 2.05) is 70.2 Å².